The van der Waals surface area contributed by atoms with Crippen molar-refractivity contribution in [3.05, 3.63) is 0 Å². The Morgan fingerprint density at radius 1 is 1.21 bits per heavy atom. The maximum Gasteiger partial charge on any atom is 0.122 e. The van der Waals surface area contributed by atoms with Crippen molar-refractivity contribution in [1.29, 1.82) is 0 Å². The molecule has 1 aliphatic rings. The topological polar surface area (TPSA) is 35.2 Å². The van der Waals surface area contributed by atoms with Gasteiger partial charge >= 0.3 is 0 Å². The van der Waals surface area contributed by atoms with Crippen molar-refractivity contribution in [3.8, 4) is 0 Å². The van der Waals surface area contributed by atoms with Gasteiger partial charge in [0.2, 0.25) is 0 Å². The van der Waals surface area contributed by atoms with Crippen molar-refractivity contribution in [2.24, 2.45) is 23.0 Å². The quantitative estimate of drug-likeness (QED) is 0.758. The second-order valence-corrected chi connectivity index (χ2v) is 5.19. The van der Waals surface area contributed by atoms with Crippen LogP contribution in [0.15, 0.2) is 0 Å². The van der Waals surface area contributed by atoms with Crippen molar-refractivity contribution in [1.82, 2.24) is 0 Å². The van der Waals surface area contributed by atoms with E-state index in [2.05, 4.69) is 34.6 Å². The Morgan fingerprint density at radius 3 is 2.00 bits per heavy atom. The van der Waals surface area contributed by atoms with Crippen LogP contribution in [0, 0.1) is 17.3 Å². The zero-order chi connectivity index (χ0) is 11.0. The Kier molecular flexibility index (Phi) is 3.27. The van der Waals surface area contributed by atoms with E-state index in [9.17, 15) is 0 Å². The first kappa shape index (κ1) is 12.0. The molecule has 2 nitrogen and oxygen atoms in total. The van der Waals surface area contributed by atoms with Crippen molar-refractivity contribution in [2.75, 3.05) is 6.61 Å². The van der Waals surface area contributed by atoms with Crippen LogP contribution in [0.1, 0.15) is 47.5 Å². The Bertz CT molecular complexity index is 192. The molecule has 1 heterocycles. The van der Waals surface area contributed by atoms with Gasteiger partial charge in [-0.25, -0.2) is 0 Å². The van der Waals surface area contributed by atoms with Crippen LogP contribution in [0.25, 0.3) is 0 Å². The maximum absolute atomic E-state index is 6.42. The molecule has 1 saturated heterocycles. The minimum absolute atomic E-state index is 0.155. The number of nitrogens with two attached hydrogens (primary N) is 1. The van der Waals surface area contributed by atoms with Crippen molar-refractivity contribution >= 4 is 0 Å². The van der Waals surface area contributed by atoms with Gasteiger partial charge in [-0.05, 0) is 24.7 Å². The molecule has 0 spiro atoms. The van der Waals surface area contributed by atoms with Crippen LogP contribution in [0.3, 0.4) is 0 Å². The van der Waals surface area contributed by atoms with Gasteiger partial charge in [-0.15, -0.1) is 0 Å². The van der Waals surface area contributed by atoms with Gasteiger partial charge in [-0.1, -0.05) is 34.6 Å². The van der Waals surface area contributed by atoms with Gasteiger partial charge in [-0.2, -0.15) is 0 Å². The van der Waals surface area contributed by atoms with E-state index in [1.807, 2.05) is 0 Å². The summed E-state index contributed by atoms with van der Waals surface area (Å²) < 4.78 is 5.81. The number of rotatable bonds is 3. The molecular weight excluding hydrogens is 174 g/mol. The van der Waals surface area contributed by atoms with E-state index >= 15 is 0 Å². The van der Waals surface area contributed by atoms with E-state index in [-0.39, 0.29) is 5.41 Å². The lowest BCUT2D eigenvalue weighted by Crippen LogP contribution is -2.57. The normalized spacial score (nSPS) is 31.7. The summed E-state index contributed by atoms with van der Waals surface area (Å²) in [4.78, 5) is 0. The molecule has 0 amide bonds. The predicted molar refractivity (Wildman–Crippen MR) is 59.9 cm³/mol. The standard InChI is InChI=1S/C12H25NO/c1-6-12(13)11(9(2)3,10(4)5)7-8-14-12/h9-10H,6-8,13H2,1-5H3. The summed E-state index contributed by atoms with van der Waals surface area (Å²) in [5.41, 5.74) is 6.16. The molecule has 0 aromatic heterocycles. The molecule has 84 valence electrons. The van der Waals surface area contributed by atoms with Crippen molar-refractivity contribution < 1.29 is 4.74 Å². The first-order chi connectivity index (χ1) is 6.40. The van der Waals surface area contributed by atoms with E-state index in [4.69, 9.17) is 10.5 Å². The Hall–Kier alpha value is -0.0800. The summed E-state index contributed by atoms with van der Waals surface area (Å²) in [6.45, 7) is 12.0. The number of ether oxygens (including phenoxy) is 1. The highest BCUT2D eigenvalue weighted by Gasteiger charge is 2.56. The molecule has 0 aromatic rings. The maximum atomic E-state index is 6.42. The van der Waals surface area contributed by atoms with E-state index in [1.165, 1.54) is 0 Å². The van der Waals surface area contributed by atoms with Crippen molar-refractivity contribution in [2.45, 2.75) is 53.2 Å². The second-order valence-electron chi connectivity index (χ2n) is 5.19. The van der Waals surface area contributed by atoms with Crippen LogP contribution in [0.2, 0.25) is 0 Å². The third kappa shape index (κ3) is 1.40. The smallest absolute Gasteiger partial charge is 0.122 e. The van der Waals surface area contributed by atoms with Crippen molar-refractivity contribution in [3.63, 3.8) is 0 Å². The van der Waals surface area contributed by atoms with Crippen LogP contribution in [0.5, 0.6) is 0 Å². The highest BCUT2D eigenvalue weighted by molar-refractivity contribution is 5.03. The molecule has 1 rings (SSSR count). The summed E-state index contributed by atoms with van der Waals surface area (Å²) in [6.07, 6.45) is 2.01. The first-order valence-electron chi connectivity index (χ1n) is 5.83. The van der Waals surface area contributed by atoms with Gasteiger partial charge in [-0.3, -0.25) is 0 Å². The van der Waals surface area contributed by atoms with Crippen LogP contribution in [-0.2, 0) is 4.74 Å². The van der Waals surface area contributed by atoms with Gasteiger partial charge in [0, 0.05) is 12.0 Å². The third-order valence-corrected chi connectivity index (χ3v) is 4.25. The third-order valence-electron chi connectivity index (χ3n) is 4.25. The molecule has 0 saturated carbocycles. The molecule has 1 unspecified atom stereocenters. The van der Waals surface area contributed by atoms with Gasteiger partial charge in [0.25, 0.3) is 0 Å². The molecule has 2 N–H and O–H groups in total. The molecule has 1 atom stereocenters. The van der Waals surface area contributed by atoms with E-state index in [1.54, 1.807) is 0 Å². The monoisotopic (exact) mass is 199 g/mol. The Balaban J connectivity index is 3.08. The average molecular weight is 199 g/mol. The summed E-state index contributed by atoms with van der Waals surface area (Å²) in [5, 5.41) is 0. The Labute approximate surface area is 88.2 Å². The molecule has 1 fully saturated rings. The minimum atomic E-state index is -0.407. The zero-order valence-electron chi connectivity index (χ0n) is 10.3. The van der Waals surface area contributed by atoms with Gasteiger partial charge in [0.1, 0.15) is 5.72 Å². The zero-order valence-corrected chi connectivity index (χ0v) is 10.3. The van der Waals surface area contributed by atoms with E-state index in [0.29, 0.717) is 11.8 Å². The SMILES string of the molecule is CCC1(N)OCCC1(C(C)C)C(C)C. The van der Waals surface area contributed by atoms with Crippen LogP contribution in [-0.4, -0.2) is 12.3 Å². The average Bonchev–Trinajstić information content (AvgIpc) is 2.44. The lowest BCUT2D eigenvalue weighted by Gasteiger charge is -2.48. The van der Waals surface area contributed by atoms with Gasteiger partial charge in [0.15, 0.2) is 0 Å². The molecule has 2 heteroatoms. The highest BCUT2D eigenvalue weighted by Crippen LogP contribution is 2.52. The van der Waals surface area contributed by atoms with E-state index in [0.717, 1.165) is 19.4 Å². The molecular formula is C12H25NO. The fourth-order valence-electron chi connectivity index (χ4n) is 3.40. The number of hydrogen-bond acceptors (Lipinski definition) is 2. The summed E-state index contributed by atoms with van der Waals surface area (Å²) in [7, 11) is 0. The van der Waals surface area contributed by atoms with Crippen LogP contribution < -0.4 is 5.73 Å². The summed E-state index contributed by atoms with van der Waals surface area (Å²) in [5.74, 6) is 1.16. The largest absolute Gasteiger partial charge is 0.360 e. The minimum Gasteiger partial charge on any atom is -0.360 e. The predicted octanol–water partition coefficient (Wildman–Crippen LogP) is 2.77. The summed E-state index contributed by atoms with van der Waals surface area (Å²) in [6, 6.07) is 0. The van der Waals surface area contributed by atoms with Crippen LogP contribution in [0.4, 0.5) is 0 Å². The lowest BCUT2D eigenvalue weighted by atomic mass is 9.61. The fraction of sp³-hybridized carbons (Fsp3) is 1.00. The van der Waals surface area contributed by atoms with Crippen LogP contribution >= 0.6 is 0 Å². The molecule has 1 aliphatic heterocycles. The first-order valence-corrected chi connectivity index (χ1v) is 5.83. The Morgan fingerprint density at radius 2 is 1.71 bits per heavy atom. The summed E-state index contributed by atoms with van der Waals surface area (Å²) >= 11 is 0. The molecule has 0 bridgehead atoms. The number of hydrogen-bond donors (Lipinski definition) is 1. The fourth-order valence-corrected chi connectivity index (χ4v) is 3.40. The lowest BCUT2D eigenvalue weighted by molar-refractivity contribution is -0.103. The highest BCUT2D eigenvalue weighted by atomic mass is 16.5. The van der Waals surface area contributed by atoms with E-state index < -0.39 is 5.72 Å². The van der Waals surface area contributed by atoms with Gasteiger partial charge < -0.3 is 10.5 Å². The molecule has 0 radical (unpaired) electrons. The van der Waals surface area contributed by atoms with Gasteiger partial charge in [0.05, 0.1) is 0 Å². The molecule has 14 heavy (non-hydrogen) atoms. The molecule has 0 aliphatic carbocycles. The second kappa shape index (κ2) is 3.82. The molecule has 0 aromatic carbocycles.